The van der Waals surface area contributed by atoms with Gasteiger partial charge in [-0.3, -0.25) is 0 Å². The number of nitrogens with one attached hydrogen (secondary N) is 2. The molecule has 2 aromatic rings. The number of rotatable bonds is 7. The molecule has 0 amide bonds. The molecule has 0 radical (unpaired) electrons. The molecule has 7 heteroatoms. The standard InChI is InChI=1S/C22H32N6.HI/c1-3-23-22(25-12-9-19-7-5-4-6-8-19)26-18-20-10-11-24-21(17-20)28-15-13-27(2)14-16-28;/h4-8,10-11,17H,3,9,12-16,18H2,1-2H3,(H2,23,25,26);1H. The lowest BCUT2D eigenvalue weighted by Gasteiger charge is -2.33. The van der Waals surface area contributed by atoms with E-state index in [4.69, 9.17) is 4.99 Å². The van der Waals surface area contributed by atoms with E-state index in [0.717, 1.165) is 57.5 Å². The molecule has 0 spiro atoms. The van der Waals surface area contributed by atoms with E-state index < -0.39 is 0 Å². The Balaban J connectivity index is 0.00000300. The minimum Gasteiger partial charge on any atom is -0.357 e. The smallest absolute Gasteiger partial charge is 0.191 e. The average molecular weight is 508 g/mol. The van der Waals surface area contributed by atoms with E-state index >= 15 is 0 Å². The van der Waals surface area contributed by atoms with Crippen LogP contribution >= 0.6 is 24.0 Å². The highest BCUT2D eigenvalue weighted by molar-refractivity contribution is 14.0. The van der Waals surface area contributed by atoms with Gasteiger partial charge < -0.3 is 20.4 Å². The number of guanidine groups is 1. The molecule has 158 valence electrons. The van der Waals surface area contributed by atoms with E-state index in [2.05, 4.69) is 75.8 Å². The van der Waals surface area contributed by atoms with Gasteiger partial charge in [-0.1, -0.05) is 30.3 Å². The number of hydrogen-bond donors (Lipinski definition) is 2. The summed E-state index contributed by atoms with van der Waals surface area (Å²) in [6.45, 7) is 8.66. The Kier molecular flexibility index (Phi) is 10.2. The molecule has 6 nitrogen and oxygen atoms in total. The summed E-state index contributed by atoms with van der Waals surface area (Å²) in [7, 11) is 2.17. The van der Waals surface area contributed by atoms with E-state index in [1.807, 2.05) is 12.3 Å². The molecule has 1 fully saturated rings. The fourth-order valence-electron chi connectivity index (χ4n) is 3.25. The van der Waals surface area contributed by atoms with E-state index in [9.17, 15) is 0 Å². The summed E-state index contributed by atoms with van der Waals surface area (Å²) in [6, 6.07) is 14.7. The van der Waals surface area contributed by atoms with Gasteiger partial charge in [0.2, 0.25) is 0 Å². The van der Waals surface area contributed by atoms with Gasteiger partial charge in [-0.25, -0.2) is 9.98 Å². The molecule has 2 heterocycles. The van der Waals surface area contributed by atoms with Gasteiger partial charge in [-0.2, -0.15) is 0 Å². The summed E-state index contributed by atoms with van der Waals surface area (Å²) < 4.78 is 0. The van der Waals surface area contributed by atoms with Gasteiger partial charge >= 0.3 is 0 Å². The van der Waals surface area contributed by atoms with E-state index in [-0.39, 0.29) is 24.0 Å². The number of likely N-dealkylation sites (N-methyl/N-ethyl adjacent to an activating group) is 1. The van der Waals surface area contributed by atoms with Crippen LogP contribution in [-0.2, 0) is 13.0 Å². The fraction of sp³-hybridized carbons (Fsp3) is 0.455. The Morgan fingerprint density at radius 1 is 1.03 bits per heavy atom. The van der Waals surface area contributed by atoms with Gasteiger partial charge in [0.25, 0.3) is 0 Å². The molecule has 2 N–H and O–H groups in total. The monoisotopic (exact) mass is 508 g/mol. The molecule has 1 saturated heterocycles. The van der Waals surface area contributed by atoms with E-state index in [0.29, 0.717) is 6.54 Å². The quantitative estimate of drug-likeness (QED) is 0.342. The van der Waals surface area contributed by atoms with Gasteiger partial charge in [0, 0.05) is 45.5 Å². The van der Waals surface area contributed by atoms with Crippen LogP contribution in [-0.4, -0.2) is 62.2 Å². The van der Waals surface area contributed by atoms with Crippen LogP contribution in [0.15, 0.2) is 53.7 Å². The molecule has 1 aromatic carbocycles. The first-order valence-electron chi connectivity index (χ1n) is 10.2. The third-order valence-corrected chi connectivity index (χ3v) is 4.95. The van der Waals surface area contributed by atoms with E-state index in [1.165, 1.54) is 11.1 Å². The molecule has 29 heavy (non-hydrogen) atoms. The van der Waals surface area contributed by atoms with Crippen LogP contribution < -0.4 is 15.5 Å². The Hall–Kier alpha value is -1.87. The van der Waals surface area contributed by atoms with Crippen LogP contribution in [0.3, 0.4) is 0 Å². The van der Waals surface area contributed by atoms with Crippen molar-refractivity contribution in [2.24, 2.45) is 4.99 Å². The number of hydrogen-bond acceptors (Lipinski definition) is 4. The lowest BCUT2D eigenvalue weighted by Crippen LogP contribution is -2.44. The van der Waals surface area contributed by atoms with Gasteiger partial charge in [0.1, 0.15) is 5.82 Å². The van der Waals surface area contributed by atoms with Crippen molar-refractivity contribution in [1.29, 1.82) is 0 Å². The fourth-order valence-corrected chi connectivity index (χ4v) is 3.25. The van der Waals surface area contributed by atoms with Crippen LogP contribution in [0.2, 0.25) is 0 Å². The molecule has 1 aromatic heterocycles. The number of piperazine rings is 1. The predicted molar refractivity (Wildman–Crippen MR) is 132 cm³/mol. The van der Waals surface area contributed by atoms with Gasteiger partial charge in [0.15, 0.2) is 5.96 Å². The maximum Gasteiger partial charge on any atom is 0.191 e. The first-order chi connectivity index (χ1) is 13.7. The largest absolute Gasteiger partial charge is 0.357 e. The van der Waals surface area contributed by atoms with Crippen molar-refractivity contribution in [3.63, 3.8) is 0 Å². The van der Waals surface area contributed by atoms with Crippen LogP contribution in [0.1, 0.15) is 18.1 Å². The molecule has 0 unspecified atom stereocenters. The van der Waals surface area contributed by atoms with Crippen molar-refractivity contribution >= 4 is 35.8 Å². The molecule has 3 rings (SSSR count). The van der Waals surface area contributed by atoms with Crippen LogP contribution in [0.5, 0.6) is 0 Å². The maximum atomic E-state index is 4.75. The molecule has 0 bridgehead atoms. The number of benzene rings is 1. The number of pyridine rings is 1. The predicted octanol–water partition coefficient (Wildman–Crippen LogP) is 2.75. The Morgan fingerprint density at radius 2 is 1.79 bits per heavy atom. The van der Waals surface area contributed by atoms with Crippen molar-refractivity contribution in [2.45, 2.75) is 19.9 Å². The topological polar surface area (TPSA) is 55.8 Å². The van der Waals surface area contributed by atoms with Gasteiger partial charge in [-0.05, 0) is 43.7 Å². The second kappa shape index (κ2) is 12.6. The first-order valence-corrected chi connectivity index (χ1v) is 10.2. The lowest BCUT2D eigenvalue weighted by atomic mass is 10.1. The minimum absolute atomic E-state index is 0. The van der Waals surface area contributed by atoms with Crippen LogP contribution in [0, 0.1) is 0 Å². The van der Waals surface area contributed by atoms with Crippen molar-refractivity contribution in [3.05, 3.63) is 59.8 Å². The average Bonchev–Trinajstić information content (AvgIpc) is 2.73. The zero-order chi connectivity index (χ0) is 19.6. The van der Waals surface area contributed by atoms with Crippen molar-refractivity contribution in [1.82, 2.24) is 20.5 Å². The summed E-state index contributed by atoms with van der Waals surface area (Å²) in [5.41, 5.74) is 2.51. The molecule has 0 aliphatic carbocycles. The molecule has 0 saturated carbocycles. The Morgan fingerprint density at radius 3 is 2.52 bits per heavy atom. The van der Waals surface area contributed by atoms with Gasteiger partial charge in [-0.15, -0.1) is 24.0 Å². The third kappa shape index (κ3) is 7.81. The van der Waals surface area contributed by atoms with Crippen molar-refractivity contribution in [2.75, 3.05) is 51.2 Å². The zero-order valence-corrected chi connectivity index (χ0v) is 19.8. The molecular weight excluding hydrogens is 475 g/mol. The number of halogens is 1. The van der Waals surface area contributed by atoms with E-state index in [1.54, 1.807) is 0 Å². The third-order valence-electron chi connectivity index (χ3n) is 4.95. The minimum atomic E-state index is 0. The Labute approximate surface area is 191 Å². The van der Waals surface area contributed by atoms with Crippen molar-refractivity contribution in [3.8, 4) is 0 Å². The molecule has 1 aliphatic heterocycles. The van der Waals surface area contributed by atoms with Crippen LogP contribution in [0.25, 0.3) is 0 Å². The highest BCUT2D eigenvalue weighted by Crippen LogP contribution is 2.15. The molecule has 0 atom stereocenters. The second-order valence-corrected chi connectivity index (χ2v) is 7.17. The van der Waals surface area contributed by atoms with Crippen LogP contribution in [0.4, 0.5) is 5.82 Å². The number of anilines is 1. The molecule has 1 aliphatic rings. The number of nitrogens with zero attached hydrogens (tertiary/aromatic N) is 4. The molecular formula is C22H33IN6. The summed E-state index contributed by atoms with van der Waals surface area (Å²) in [5, 5.41) is 6.76. The summed E-state index contributed by atoms with van der Waals surface area (Å²) in [6.07, 6.45) is 2.88. The SMILES string of the molecule is CCNC(=NCc1ccnc(N2CCN(C)CC2)c1)NCCc1ccccc1.I. The number of aromatic nitrogens is 1. The Bertz CT molecular complexity index is 744. The zero-order valence-electron chi connectivity index (χ0n) is 17.5. The highest BCUT2D eigenvalue weighted by atomic mass is 127. The second-order valence-electron chi connectivity index (χ2n) is 7.17. The summed E-state index contributed by atoms with van der Waals surface area (Å²) in [4.78, 5) is 14.0. The van der Waals surface area contributed by atoms with Gasteiger partial charge in [0.05, 0.1) is 6.54 Å². The highest BCUT2D eigenvalue weighted by Gasteiger charge is 2.15. The maximum absolute atomic E-state index is 4.75. The number of aliphatic imine (C=N–C) groups is 1. The van der Waals surface area contributed by atoms with Crippen molar-refractivity contribution < 1.29 is 0 Å². The summed E-state index contributed by atoms with van der Waals surface area (Å²) in [5.74, 6) is 1.92. The summed E-state index contributed by atoms with van der Waals surface area (Å²) >= 11 is 0. The lowest BCUT2D eigenvalue weighted by molar-refractivity contribution is 0.312. The normalized spacial score (nSPS) is 15.0. The first kappa shape index (κ1) is 23.4.